The number of benzene rings is 3. The maximum absolute atomic E-state index is 13.3. The minimum absolute atomic E-state index is 0.0514. The number of anilines is 2. The topological polar surface area (TPSA) is 85.0 Å². The van der Waals surface area contributed by atoms with Crippen LogP contribution < -0.4 is 15.5 Å². The minimum Gasteiger partial charge on any atom is -0.368 e. The summed E-state index contributed by atoms with van der Waals surface area (Å²) < 4.78 is 0. The molecule has 42 heavy (non-hydrogen) atoms. The highest BCUT2D eigenvalue weighted by molar-refractivity contribution is 6.30. The van der Waals surface area contributed by atoms with Crippen molar-refractivity contribution in [1.29, 1.82) is 0 Å². The van der Waals surface area contributed by atoms with Crippen LogP contribution in [-0.4, -0.2) is 66.4 Å². The van der Waals surface area contributed by atoms with E-state index in [1.54, 1.807) is 24.3 Å². The van der Waals surface area contributed by atoms with Gasteiger partial charge in [-0.1, -0.05) is 61.2 Å². The summed E-state index contributed by atoms with van der Waals surface area (Å²) in [5, 5.41) is 6.69. The number of hydrogen-bond acceptors (Lipinski definition) is 4. The van der Waals surface area contributed by atoms with Gasteiger partial charge in [0.2, 0.25) is 5.91 Å². The van der Waals surface area contributed by atoms with Crippen LogP contribution in [0.5, 0.6) is 0 Å². The number of urea groups is 1. The van der Waals surface area contributed by atoms with E-state index in [1.165, 1.54) is 24.2 Å². The molecule has 220 valence electrons. The summed E-state index contributed by atoms with van der Waals surface area (Å²) in [6.45, 7) is 3.07. The molecule has 1 aliphatic carbocycles. The lowest BCUT2D eigenvalue weighted by atomic mass is 9.96. The molecule has 1 aliphatic heterocycles. The molecule has 0 bridgehead atoms. The van der Waals surface area contributed by atoms with Crippen molar-refractivity contribution in [2.45, 2.75) is 44.7 Å². The third kappa shape index (κ3) is 8.03. The third-order valence-corrected chi connectivity index (χ3v) is 8.20. The Hall–Kier alpha value is -4.04. The molecule has 3 aromatic rings. The first kappa shape index (κ1) is 29.5. The molecule has 2 N–H and O–H groups in total. The lowest BCUT2D eigenvalue weighted by Crippen LogP contribution is -2.53. The van der Waals surface area contributed by atoms with Crippen molar-refractivity contribution < 1.29 is 14.4 Å². The maximum atomic E-state index is 13.3. The molecule has 1 saturated heterocycles. The molecule has 8 nitrogen and oxygen atoms in total. The molecule has 1 heterocycles. The van der Waals surface area contributed by atoms with E-state index in [1.807, 2.05) is 59.5 Å². The van der Waals surface area contributed by atoms with Crippen LogP contribution in [-0.2, 0) is 11.3 Å². The first-order chi connectivity index (χ1) is 20.4. The molecule has 0 unspecified atom stereocenters. The van der Waals surface area contributed by atoms with Gasteiger partial charge in [-0.3, -0.25) is 9.59 Å². The van der Waals surface area contributed by atoms with E-state index < -0.39 is 0 Å². The van der Waals surface area contributed by atoms with Crippen LogP contribution in [0.25, 0.3) is 0 Å². The zero-order valence-electron chi connectivity index (χ0n) is 23.8. The Kier molecular flexibility index (Phi) is 9.98. The molecule has 1 saturated carbocycles. The summed E-state index contributed by atoms with van der Waals surface area (Å²) in [6, 6.07) is 24.4. The van der Waals surface area contributed by atoms with Gasteiger partial charge in [0, 0.05) is 60.7 Å². The van der Waals surface area contributed by atoms with Gasteiger partial charge < -0.3 is 25.3 Å². The van der Waals surface area contributed by atoms with Crippen LogP contribution in [0.15, 0.2) is 78.9 Å². The van der Waals surface area contributed by atoms with Crippen LogP contribution in [0, 0.1) is 0 Å². The molecule has 0 atom stereocenters. The molecule has 2 aliphatic rings. The Bertz CT molecular complexity index is 1340. The number of nitrogens with one attached hydrogen (secondary N) is 2. The van der Waals surface area contributed by atoms with Gasteiger partial charge >= 0.3 is 6.03 Å². The van der Waals surface area contributed by atoms with E-state index in [9.17, 15) is 14.4 Å². The van der Waals surface area contributed by atoms with E-state index in [2.05, 4.69) is 15.5 Å². The first-order valence-electron chi connectivity index (χ1n) is 14.7. The van der Waals surface area contributed by atoms with Crippen molar-refractivity contribution in [1.82, 2.24) is 15.1 Å². The average molecular weight is 588 g/mol. The zero-order chi connectivity index (χ0) is 29.3. The maximum Gasteiger partial charge on any atom is 0.317 e. The quantitative estimate of drug-likeness (QED) is 0.350. The van der Waals surface area contributed by atoms with Gasteiger partial charge in [-0.05, 0) is 66.9 Å². The fourth-order valence-corrected chi connectivity index (χ4v) is 5.71. The highest BCUT2D eigenvalue weighted by atomic mass is 35.5. The van der Waals surface area contributed by atoms with E-state index in [0.717, 1.165) is 37.2 Å². The van der Waals surface area contributed by atoms with Crippen LogP contribution >= 0.6 is 11.6 Å². The molecule has 0 spiro atoms. The molecule has 5 rings (SSSR count). The van der Waals surface area contributed by atoms with Crippen LogP contribution in [0.2, 0.25) is 5.02 Å². The first-order valence-corrected chi connectivity index (χ1v) is 15.1. The Morgan fingerprint density at radius 1 is 0.810 bits per heavy atom. The van der Waals surface area contributed by atoms with Crippen molar-refractivity contribution in [3.63, 3.8) is 0 Å². The molecule has 0 aromatic heterocycles. The number of carbonyl (C=O) groups excluding carboxylic acids is 3. The second-order valence-electron chi connectivity index (χ2n) is 11.0. The Balaban J connectivity index is 1.14. The smallest absolute Gasteiger partial charge is 0.317 e. The summed E-state index contributed by atoms with van der Waals surface area (Å²) in [4.78, 5) is 44.7. The van der Waals surface area contributed by atoms with Crippen molar-refractivity contribution in [3.8, 4) is 0 Å². The lowest BCUT2D eigenvalue weighted by molar-refractivity contribution is -0.117. The summed E-state index contributed by atoms with van der Waals surface area (Å²) in [5.41, 5.74) is 3.11. The van der Waals surface area contributed by atoms with Crippen LogP contribution in [0.1, 0.15) is 48.0 Å². The fourth-order valence-electron chi connectivity index (χ4n) is 5.59. The number of piperazine rings is 1. The highest BCUT2D eigenvalue weighted by Gasteiger charge is 2.24. The average Bonchev–Trinajstić information content (AvgIpc) is 3.02. The Labute approximate surface area is 252 Å². The van der Waals surface area contributed by atoms with Crippen molar-refractivity contribution >= 4 is 40.8 Å². The minimum atomic E-state index is -0.279. The second kappa shape index (κ2) is 14.2. The molecular formula is C33H38ClN5O3. The number of nitrogens with zero attached hydrogens (tertiary/aromatic N) is 3. The summed E-state index contributed by atoms with van der Waals surface area (Å²) in [6.07, 6.45) is 5.83. The van der Waals surface area contributed by atoms with Gasteiger partial charge in [-0.15, -0.1) is 0 Å². The van der Waals surface area contributed by atoms with Crippen LogP contribution in [0.4, 0.5) is 16.2 Å². The molecule has 9 heteroatoms. The number of rotatable bonds is 8. The van der Waals surface area contributed by atoms with Gasteiger partial charge in [0.05, 0.1) is 0 Å². The van der Waals surface area contributed by atoms with Crippen molar-refractivity contribution in [3.05, 3.63) is 95.0 Å². The number of hydrogen-bond donors (Lipinski definition) is 2. The van der Waals surface area contributed by atoms with Gasteiger partial charge in [0.25, 0.3) is 5.91 Å². The number of halogens is 1. The van der Waals surface area contributed by atoms with Gasteiger partial charge in [0.1, 0.15) is 6.54 Å². The molecule has 2 fully saturated rings. The van der Waals surface area contributed by atoms with E-state index in [0.29, 0.717) is 41.9 Å². The standard InChI is InChI=1S/C33H38ClN5O3/c34-27-13-11-26(12-14-27)32(41)39(23-25-7-3-1-4-8-25)24-31(40)35-29-15-17-30(18-16-29)37-19-21-38(22-20-37)33(42)36-28-9-5-2-6-10-28/h1,3-4,7-8,11-18,28H,2,5-6,9-10,19-24H2,(H,35,40)(H,36,42). The highest BCUT2D eigenvalue weighted by Crippen LogP contribution is 2.21. The van der Waals surface area contributed by atoms with Gasteiger partial charge in [-0.2, -0.15) is 0 Å². The van der Waals surface area contributed by atoms with E-state index in [4.69, 9.17) is 11.6 Å². The monoisotopic (exact) mass is 587 g/mol. The molecule has 0 radical (unpaired) electrons. The summed E-state index contributed by atoms with van der Waals surface area (Å²) >= 11 is 6.00. The van der Waals surface area contributed by atoms with Crippen molar-refractivity contribution in [2.75, 3.05) is 42.9 Å². The largest absolute Gasteiger partial charge is 0.368 e. The zero-order valence-corrected chi connectivity index (χ0v) is 24.6. The fraction of sp³-hybridized carbons (Fsp3) is 0.364. The Morgan fingerprint density at radius 3 is 2.14 bits per heavy atom. The summed E-state index contributed by atoms with van der Waals surface area (Å²) in [5.74, 6) is -0.522. The molecular weight excluding hydrogens is 550 g/mol. The SMILES string of the molecule is O=C(CN(Cc1ccccc1)C(=O)c1ccc(Cl)cc1)Nc1ccc(N2CCN(C(=O)NC3CCCCC3)CC2)cc1. The third-order valence-electron chi connectivity index (χ3n) is 7.94. The predicted octanol–water partition coefficient (Wildman–Crippen LogP) is 5.79. The Morgan fingerprint density at radius 2 is 1.48 bits per heavy atom. The van der Waals surface area contributed by atoms with Gasteiger partial charge in [-0.25, -0.2) is 4.79 Å². The summed E-state index contributed by atoms with van der Waals surface area (Å²) in [7, 11) is 0. The normalized spacial score (nSPS) is 15.6. The van der Waals surface area contributed by atoms with E-state index >= 15 is 0 Å². The van der Waals surface area contributed by atoms with Crippen LogP contribution in [0.3, 0.4) is 0 Å². The number of carbonyl (C=O) groups is 3. The second-order valence-corrected chi connectivity index (χ2v) is 11.4. The lowest BCUT2D eigenvalue weighted by Gasteiger charge is -2.37. The molecule has 4 amide bonds. The van der Waals surface area contributed by atoms with Gasteiger partial charge in [0.15, 0.2) is 0 Å². The van der Waals surface area contributed by atoms with Crippen molar-refractivity contribution in [2.24, 2.45) is 0 Å². The van der Waals surface area contributed by atoms with E-state index in [-0.39, 0.29) is 24.4 Å². The number of amides is 4. The predicted molar refractivity (Wildman–Crippen MR) is 167 cm³/mol. The molecule has 3 aromatic carbocycles.